The molecule has 0 unspecified atom stereocenters. The third-order valence-corrected chi connectivity index (χ3v) is 5.35. The van der Waals surface area contributed by atoms with Crippen molar-refractivity contribution in [2.75, 3.05) is 37.0 Å². The zero-order chi connectivity index (χ0) is 21.5. The van der Waals surface area contributed by atoms with Crippen molar-refractivity contribution in [1.29, 1.82) is 0 Å². The Morgan fingerprint density at radius 3 is 2.60 bits per heavy atom. The Hall–Kier alpha value is -3.18. The smallest absolute Gasteiger partial charge is 0.293 e. The van der Waals surface area contributed by atoms with Crippen molar-refractivity contribution in [3.8, 4) is 0 Å². The molecule has 2 N–H and O–H groups in total. The Morgan fingerprint density at radius 1 is 1.17 bits per heavy atom. The number of carbonyl (C=O) groups excluding carboxylic acids is 2. The van der Waals surface area contributed by atoms with Crippen LogP contribution in [0.3, 0.4) is 0 Å². The monoisotopic (exact) mass is 434 g/mol. The molecule has 0 aliphatic carbocycles. The lowest BCUT2D eigenvalue weighted by Gasteiger charge is -2.28. The molecule has 1 fully saturated rings. The van der Waals surface area contributed by atoms with Crippen LogP contribution < -0.4 is 15.8 Å². The second kappa shape index (κ2) is 10.0. The molecular formula is C19H19FN4O5S. The van der Waals surface area contributed by atoms with Crippen LogP contribution in [0.4, 0.5) is 15.8 Å². The number of carbonyl (C=O) groups is 2. The number of nitrogens with zero attached hydrogens (tertiary/aromatic N) is 2. The first kappa shape index (κ1) is 21.5. The largest absolute Gasteiger partial charge is 0.378 e. The molecule has 0 spiro atoms. The van der Waals surface area contributed by atoms with Crippen LogP contribution in [0.2, 0.25) is 0 Å². The maximum atomic E-state index is 13.6. The number of ether oxygens (including phenoxy) is 1. The molecule has 0 saturated carbocycles. The molecule has 0 bridgehead atoms. The SMILES string of the molecule is O=C(CSc1ccccc1F)NNC(=O)c1ccc(N2CCOCC2)c([N+](=O)[O-])c1. The first-order chi connectivity index (χ1) is 14.5. The van der Waals surface area contributed by atoms with Crippen molar-refractivity contribution in [3.05, 3.63) is 64.0 Å². The van der Waals surface area contributed by atoms with Crippen LogP contribution in [-0.2, 0) is 9.53 Å². The van der Waals surface area contributed by atoms with Gasteiger partial charge in [-0.2, -0.15) is 0 Å². The minimum absolute atomic E-state index is 0.0285. The summed E-state index contributed by atoms with van der Waals surface area (Å²) in [6, 6.07) is 10.2. The number of hydrogen-bond donors (Lipinski definition) is 2. The highest BCUT2D eigenvalue weighted by molar-refractivity contribution is 8.00. The first-order valence-electron chi connectivity index (χ1n) is 9.03. The highest BCUT2D eigenvalue weighted by atomic mass is 32.2. The molecule has 2 aromatic rings. The van der Waals surface area contributed by atoms with E-state index in [1.54, 1.807) is 18.2 Å². The minimum Gasteiger partial charge on any atom is -0.378 e. The Morgan fingerprint density at radius 2 is 1.90 bits per heavy atom. The molecule has 1 aliphatic heterocycles. The third kappa shape index (κ3) is 5.45. The van der Waals surface area contributed by atoms with E-state index in [1.165, 1.54) is 24.3 Å². The first-order valence-corrected chi connectivity index (χ1v) is 10.0. The van der Waals surface area contributed by atoms with Gasteiger partial charge in [-0.1, -0.05) is 12.1 Å². The van der Waals surface area contributed by atoms with Gasteiger partial charge < -0.3 is 9.64 Å². The van der Waals surface area contributed by atoms with Crippen LogP contribution in [0.5, 0.6) is 0 Å². The summed E-state index contributed by atoms with van der Waals surface area (Å²) >= 11 is 0.983. The number of amides is 2. The molecule has 30 heavy (non-hydrogen) atoms. The second-order valence-corrected chi connectivity index (χ2v) is 7.30. The van der Waals surface area contributed by atoms with Gasteiger partial charge in [-0.25, -0.2) is 4.39 Å². The fourth-order valence-corrected chi connectivity index (χ4v) is 3.56. The van der Waals surface area contributed by atoms with Gasteiger partial charge in [0.15, 0.2) is 0 Å². The summed E-state index contributed by atoms with van der Waals surface area (Å²) in [5, 5.41) is 11.5. The number of rotatable bonds is 6. The fourth-order valence-electron chi connectivity index (χ4n) is 2.82. The van der Waals surface area contributed by atoms with E-state index in [0.717, 1.165) is 11.8 Å². The maximum absolute atomic E-state index is 13.6. The average molecular weight is 434 g/mol. The number of hydrogen-bond acceptors (Lipinski definition) is 7. The summed E-state index contributed by atoms with van der Waals surface area (Å²) < 4.78 is 18.8. The Balaban J connectivity index is 1.59. The summed E-state index contributed by atoms with van der Waals surface area (Å²) in [5.41, 5.74) is 4.67. The van der Waals surface area contributed by atoms with Crippen molar-refractivity contribution < 1.29 is 23.6 Å². The van der Waals surface area contributed by atoms with E-state index >= 15 is 0 Å². The van der Waals surface area contributed by atoms with Crippen molar-refractivity contribution >= 4 is 35.0 Å². The van der Waals surface area contributed by atoms with Gasteiger partial charge in [-0.3, -0.25) is 30.6 Å². The highest BCUT2D eigenvalue weighted by Crippen LogP contribution is 2.30. The zero-order valence-electron chi connectivity index (χ0n) is 15.8. The van der Waals surface area contributed by atoms with Gasteiger partial charge in [0.1, 0.15) is 11.5 Å². The van der Waals surface area contributed by atoms with Crippen LogP contribution >= 0.6 is 11.8 Å². The summed E-state index contributed by atoms with van der Waals surface area (Å²) in [6.45, 7) is 1.97. The Bertz CT molecular complexity index is 952. The molecule has 0 aromatic heterocycles. The predicted octanol–water partition coefficient (Wildman–Crippen LogP) is 2.12. The zero-order valence-corrected chi connectivity index (χ0v) is 16.6. The third-order valence-electron chi connectivity index (χ3n) is 4.30. The molecule has 158 valence electrons. The van der Waals surface area contributed by atoms with Gasteiger partial charge in [0.25, 0.3) is 11.6 Å². The highest BCUT2D eigenvalue weighted by Gasteiger charge is 2.23. The van der Waals surface area contributed by atoms with E-state index in [0.29, 0.717) is 36.9 Å². The summed E-state index contributed by atoms with van der Waals surface area (Å²) in [7, 11) is 0. The van der Waals surface area contributed by atoms with Crippen LogP contribution in [0, 0.1) is 15.9 Å². The molecule has 2 amide bonds. The van der Waals surface area contributed by atoms with Crippen LogP contribution in [0.1, 0.15) is 10.4 Å². The van der Waals surface area contributed by atoms with Crippen LogP contribution in [0.15, 0.2) is 47.4 Å². The number of halogens is 1. The van der Waals surface area contributed by atoms with Crippen molar-refractivity contribution in [2.24, 2.45) is 0 Å². The predicted molar refractivity (Wildman–Crippen MR) is 109 cm³/mol. The normalized spacial score (nSPS) is 13.6. The molecule has 1 saturated heterocycles. The number of anilines is 1. The molecule has 11 heteroatoms. The molecule has 0 radical (unpaired) electrons. The molecular weight excluding hydrogens is 415 g/mol. The molecule has 2 aromatic carbocycles. The molecule has 1 heterocycles. The number of nitrogens with one attached hydrogen (secondary N) is 2. The van der Waals surface area contributed by atoms with Crippen LogP contribution in [-0.4, -0.2) is 48.8 Å². The lowest BCUT2D eigenvalue weighted by Crippen LogP contribution is -2.42. The van der Waals surface area contributed by atoms with Crippen molar-refractivity contribution in [1.82, 2.24) is 10.9 Å². The number of hydrazine groups is 1. The lowest BCUT2D eigenvalue weighted by atomic mass is 10.1. The molecule has 9 nitrogen and oxygen atoms in total. The number of nitro benzene ring substituents is 1. The van der Waals surface area contributed by atoms with E-state index in [4.69, 9.17) is 4.74 Å². The van der Waals surface area contributed by atoms with Gasteiger partial charge in [0.2, 0.25) is 5.91 Å². The van der Waals surface area contributed by atoms with Gasteiger partial charge >= 0.3 is 0 Å². The van der Waals surface area contributed by atoms with E-state index < -0.39 is 22.6 Å². The molecule has 3 rings (SSSR count). The second-order valence-electron chi connectivity index (χ2n) is 6.28. The van der Waals surface area contributed by atoms with E-state index in [-0.39, 0.29) is 17.0 Å². The number of benzene rings is 2. The summed E-state index contributed by atoms with van der Waals surface area (Å²) in [4.78, 5) is 37.2. The average Bonchev–Trinajstić information content (AvgIpc) is 2.77. The lowest BCUT2D eigenvalue weighted by molar-refractivity contribution is -0.384. The van der Waals surface area contributed by atoms with Crippen molar-refractivity contribution in [2.45, 2.75) is 4.90 Å². The van der Waals surface area contributed by atoms with Gasteiger partial charge in [0, 0.05) is 29.6 Å². The quantitative estimate of drug-likeness (QED) is 0.407. The summed E-state index contributed by atoms with van der Waals surface area (Å²) in [5.74, 6) is -1.80. The molecule has 1 aliphatic rings. The van der Waals surface area contributed by atoms with Gasteiger partial charge in [-0.15, -0.1) is 11.8 Å². The summed E-state index contributed by atoms with van der Waals surface area (Å²) in [6.07, 6.45) is 0. The van der Waals surface area contributed by atoms with Gasteiger partial charge in [-0.05, 0) is 24.3 Å². The number of morpholine rings is 1. The Kier molecular flexibility index (Phi) is 7.20. The number of nitro groups is 1. The fraction of sp³-hybridized carbons (Fsp3) is 0.263. The van der Waals surface area contributed by atoms with E-state index in [9.17, 15) is 24.1 Å². The topological polar surface area (TPSA) is 114 Å². The number of thioether (sulfide) groups is 1. The maximum Gasteiger partial charge on any atom is 0.293 e. The van der Waals surface area contributed by atoms with Crippen LogP contribution in [0.25, 0.3) is 0 Å². The van der Waals surface area contributed by atoms with Gasteiger partial charge in [0.05, 0.1) is 23.9 Å². The standard InChI is InChI=1S/C19H19FN4O5S/c20-14-3-1-2-4-17(14)30-12-18(25)21-22-19(26)13-5-6-15(16(11-13)24(27)28)23-7-9-29-10-8-23/h1-6,11H,7-10,12H2,(H,21,25)(H,22,26). The van der Waals surface area contributed by atoms with Crippen molar-refractivity contribution in [3.63, 3.8) is 0 Å². The minimum atomic E-state index is -0.698. The van der Waals surface area contributed by atoms with E-state index in [1.807, 2.05) is 4.90 Å². The van der Waals surface area contributed by atoms with E-state index in [2.05, 4.69) is 10.9 Å². The Labute approximate surface area is 175 Å². The molecule has 0 atom stereocenters.